The van der Waals surface area contributed by atoms with Crippen LogP contribution >= 0.6 is 0 Å². The first-order chi connectivity index (χ1) is 17.5. The topological polar surface area (TPSA) is 72.7 Å². The summed E-state index contributed by atoms with van der Waals surface area (Å²) in [6.07, 6.45) is 1.98. The number of fused-ring (bicyclic) bond motifs is 2. The average Bonchev–Trinajstić information content (AvgIpc) is 2.90. The number of rotatable bonds is 8. The molecule has 0 atom stereocenters. The number of benzene rings is 2. The Labute approximate surface area is 211 Å². The molecule has 0 spiro atoms. The zero-order valence-electron chi connectivity index (χ0n) is 21.2. The van der Waals surface area contributed by atoms with Crippen molar-refractivity contribution >= 4 is 27.5 Å². The van der Waals surface area contributed by atoms with Crippen molar-refractivity contribution in [2.75, 3.05) is 51.3 Å². The highest BCUT2D eigenvalue weighted by atomic mass is 16.5. The summed E-state index contributed by atoms with van der Waals surface area (Å²) in [6.45, 7) is 7.63. The largest absolute Gasteiger partial charge is 0.497 e. The van der Waals surface area contributed by atoms with E-state index in [0.717, 1.165) is 62.4 Å². The second-order valence-corrected chi connectivity index (χ2v) is 9.31. The number of hydrogen-bond donors (Lipinski definition) is 0. The molecule has 1 aliphatic rings. The molecule has 3 heterocycles. The van der Waals surface area contributed by atoms with Crippen LogP contribution in [0.5, 0.6) is 11.8 Å². The monoisotopic (exact) mass is 487 g/mol. The van der Waals surface area contributed by atoms with Crippen molar-refractivity contribution in [1.82, 2.24) is 19.4 Å². The zero-order valence-corrected chi connectivity index (χ0v) is 21.2. The van der Waals surface area contributed by atoms with Crippen molar-refractivity contribution in [3.8, 4) is 11.8 Å². The third kappa shape index (κ3) is 4.99. The fourth-order valence-electron chi connectivity index (χ4n) is 4.88. The first kappa shape index (κ1) is 24.1. The van der Waals surface area contributed by atoms with Crippen molar-refractivity contribution in [3.63, 3.8) is 0 Å². The average molecular weight is 488 g/mol. The summed E-state index contributed by atoms with van der Waals surface area (Å²) in [5.74, 6) is 0.893. The Bertz CT molecular complexity index is 1430. The molecule has 5 rings (SSSR count). The van der Waals surface area contributed by atoms with Gasteiger partial charge in [-0.2, -0.15) is 9.97 Å². The van der Waals surface area contributed by atoms with Gasteiger partial charge in [0.25, 0.3) is 5.56 Å². The molecular formula is C28H33N5O3. The van der Waals surface area contributed by atoms with E-state index in [9.17, 15) is 4.79 Å². The van der Waals surface area contributed by atoms with E-state index >= 15 is 0 Å². The van der Waals surface area contributed by atoms with Crippen LogP contribution in [0.1, 0.15) is 18.5 Å². The van der Waals surface area contributed by atoms with Crippen LogP contribution in [0.3, 0.4) is 0 Å². The van der Waals surface area contributed by atoms with Crippen LogP contribution in [0.2, 0.25) is 0 Å². The van der Waals surface area contributed by atoms with Gasteiger partial charge in [-0.1, -0.05) is 18.2 Å². The summed E-state index contributed by atoms with van der Waals surface area (Å²) < 4.78 is 12.8. The molecule has 1 aliphatic heterocycles. The Kier molecular flexibility index (Phi) is 7.04. The molecule has 0 aliphatic carbocycles. The minimum Gasteiger partial charge on any atom is -0.497 e. The van der Waals surface area contributed by atoms with Gasteiger partial charge in [0.2, 0.25) is 0 Å². The quantitative estimate of drug-likeness (QED) is 0.350. The SMILES string of the molecule is COc1ccc2cccc(N3CCN(CCCCOc4nc(C)c5ccc(=O)n(C)c5n4)CC3)c2c1. The van der Waals surface area contributed by atoms with Crippen LogP contribution in [0.25, 0.3) is 21.8 Å². The number of aromatic nitrogens is 3. The molecule has 0 amide bonds. The van der Waals surface area contributed by atoms with E-state index in [4.69, 9.17) is 9.47 Å². The minimum absolute atomic E-state index is 0.0909. The number of unbranched alkanes of at least 4 members (excludes halogenated alkanes) is 1. The third-order valence-corrected chi connectivity index (χ3v) is 7.02. The molecule has 0 saturated carbocycles. The van der Waals surface area contributed by atoms with Crippen molar-refractivity contribution in [1.29, 1.82) is 0 Å². The van der Waals surface area contributed by atoms with Crippen molar-refractivity contribution in [2.45, 2.75) is 19.8 Å². The van der Waals surface area contributed by atoms with E-state index in [0.29, 0.717) is 18.3 Å². The van der Waals surface area contributed by atoms with Crippen LogP contribution in [0.4, 0.5) is 5.69 Å². The Morgan fingerprint density at radius 3 is 2.58 bits per heavy atom. The lowest BCUT2D eigenvalue weighted by atomic mass is 10.1. The van der Waals surface area contributed by atoms with Crippen LogP contribution in [-0.2, 0) is 7.05 Å². The van der Waals surface area contributed by atoms with Gasteiger partial charge in [-0.05, 0) is 56.0 Å². The number of methoxy groups -OCH3 is 1. The maximum absolute atomic E-state index is 11.9. The lowest BCUT2D eigenvalue weighted by molar-refractivity contribution is 0.234. The molecule has 8 nitrogen and oxygen atoms in total. The van der Waals surface area contributed by atoms with Crippen LogP contribution < -0.4 is 19.9 Å². The molecule has 0 bridgehead atoms. The normalized spacial score (nSPS) is 14.5. The maximum Gasteiger partial charge on any atom is 0.318 e. The third-order valence-electron chi connectivity index (χ3n) is 7.02. The van der Waals surface area contributed by atoms with E-state index in [-0.39, 0.29) is 5.56 Å². The van der Waals surface area contributed by atoms with Gasteiger partial charge in [-0.25, -0.2) is 0 Å². The molecule has 0 unspecified atom stereocenters. The Balaban J connectivity index is 1.10. The van der Waals surface area contributed by atoms with E-state index in [1.807, 2.05) is 13.0 Å². The molecule has 2 aromatic carbocycles. The number of anilines is 1. The van der Waals surface area contributed by atoms with Crippen LogP contribution in [0, 0.1) is 6.92 Å². The second-order valence-electron chi connectivity index (χ2n) is 9.31. The number of hydrogen-bond acceptors (Lipinski definition) is 7. The van der Waals surface area contributed by atoms with Gasteiger partial charge in [-0.15, -0.1) is 0 Å². The number of ether oxygens (including phenoxy) is 2. The number of piperazine rings is 1. The highest BCUT2D eigenvalue weighted by Crippen LogP contribution is 2.30. The fourth-order valence-corrected chi connectivity index (χ4v) is 4.88. The van der Waals surface area contributed by atoms with E-state index in [1.165, 1.54) is 27.1 Å². The Morgan fingerprint density at radius 2 is 1.78 bits per heavy atom. The summed E-state index contributed by atoms with van der Waals surface area (Å²) in [4.78, 5) is 25.9. The molecular weight excluding hydrogens is 454 g/mol. The fraction of sp³-hybridized carbons (Fsp3) is 0.393. The lowest BCUT2D eigenvalue weighted by Gasteiger charge is -2.36. The van der Waals surface area contributed by atoms with Gasteiger partial charge in [0, 0.05) is 55.8 Å². The van der Waals surface area contributed by atoms with E-state index in [2.05, 4.69) is 50.1 Å². The van der Waals surface area contributed by atoms with Gasteiger partial charge in [0.15, 0.2) is 0 Å². The van der Waals surface area contributed by atoms with Gasteiger partial charge in [0.05, 0.1) is 19.4 Å². The smallest absolute Gasteiger partial charge is 0.318 e. The molecule has 8 heteroatoms. The molecule has 4 aromatic rings. The number of aryl methyl sites for hydroxylation is 2. The second kappa shape index (κ2) is 10.5. The molecule has 0 N–H and O–H groups in total. The molecule has 36 heavy (non-hydrogen) atoms. The van der Waals surface area contributed by atoms with Crippen LogP contribution in [0.15, 0.2) is 53.3 Å². The summed E-state index contributed by atoms with van der Waals surface area (Å²) in [5, 5.41) is 3.35. The standard InChI is InChI=1S/C28H33N5O3/c1-20-23-11-12-26(34)31(2)27(23)30-28(29-20)36-18-5-4-13-32-14-16-33(17-15-32)25-8-6-7-21-9-10-22(35-3)19-24(21)25/h6-12,19H,4-5,13-18H2,1-3H3. The van der Waals surface area contributed by atoms with Gasteiger partial charge < -0.3 is 14.4 Å². The van der Waals surface area contributed by atoms with Crippen LogP contribution in [-0.4, -0.2) is 65.9 Å². The lowest BCUT2D eigenvalue weighted by Crippen LogP contribution is -2.46. The predicted molar refractivity (Wildman–Crippen MR) is 143 cm³/mol. The highest BCUT2D eigenvalue weighted by Gasteiger charge is 2.18. The zero-order chi connectivity index (χ0) is 25.1. The van der Waals surface area contributed by atoms with E-state index in [1.54, 1.807) is 20.2 Å². The first-order valence-corrected chi connectivity index (χ1v) is 12.5. The maximum atomic E-state index is 11.9. The summed E-state index contributed by atoms with van der Waals surface area (Å²) in [5.41, 5.74) is 2.61. The first-order valence-electron chi connectivity index (χ1n) is 12.5. The molecule has 188 valence electrons. The summed E-state index contributed by atoms with van der Waals surface area (Å²) in [7, 11) is 3.44. The molecule has 1 saturated heterocycles. The van der Waals surface area contributed by atoms with Gasteiger partial charge in [-0.3, -0.25) is 14.3 Å². The molecule has 0 radical (unpaired) electrons. The van der Waals surface area contributed by atoms with Crippen molar-refractivity contribution in [2.24, 2.45) is 7.05 Å². The Hall–Kier alpha value is -3.65. The van der Waals surface area contributed by atoms with Crippen molar-refractivity contribution in [3.05, 3.63) is 64.6 Å². The summed E-state index contributed by atoms with van der Waals surface area (Å²) >= 11 is 0. The minimum atomic E-state index is -0.0909. The van der Waals surface area contributed by atoms with E-state index < -0.39 is 0 Å². The number of pyridine rings is 1. The molecule has 1 fully saturated rings. The number of nitrogens with zero attached hydrogens (tertiary/aromatic N) is 5. The van der Waals surface area contributed by atoms with Gasteiger partial charge >= 0.3 is 6.01 Å². The summed E-state index contributed by atoms with van der Waals surface area (Å²) in [6, 6.07) is 16.4. The van der Waals surface area contributed by atoms with Crippen molar-refractivity contribution < 1.29 is 9.47 Å². The Morgan fingerprint density at radius 1 is 0.944 bits per heavy atom. The molecule has 2 aromatic heterocycles. The van der Waals surface area contributed by atoms with Gasteiger partial charge in [0.1, 0.15) is 11.4 Å². The predicted octanol–water partition coefficient (Wildman–Crippen LogP) is 3.78. The highest BCUT2D eigenvalue weighted by molar-refractivity contribution is 5.95.